The van der Waals surface area contributed by atoms with Crippen molar-refractivity contribution in [2.24, 2.45) is 5.73 Å². The summed E-state index contributed by atoms with van der Waals surface area (Å²) in [6.45, 7) is 0. The predicted molar refractivity (Wildman–Crippen MR) is 128 cm³/mol. The molecule has 2 heterocycles. The summed E-state index contributed by atoms with van der Waals surface area (Å²) in [7, 11) is 0. The van der Waals surface area contributed by atoms with Crippen molar-refractivity contribution < 1.29 is 22.8 Å². The second-order valence-corrected chi connectivity index (χ2v) is 8.58. The van der Waals surface area contributed by atoms with Crippen LogP contribution in [0.5, 0.6) is 0 Å². The van der Waals surface area contributed by atoms with Gasteiger partial charge in [-0.25, -0.2) is 9.97 Å². The van der Waals surface area contributed by atoms with Crippen LogP contribution in [-0.4, -0.2) is 26.3 Å². The Morgan fingerprint density at radius 2 is 1.81 bits per heavy atom. The quantitative estimate of drug-likeness (QED) is 0.389. The lowest BCUT2D eigenvalue weighted by Crippen LogP contribution is -2.20. The minimum Gasteiger partial charge on any atom is -0.382 e. The van der Waals surface area contributed by atoms with E-state index in [9.17, 15) is 22.8 Å². The summed E-state index contributed by atoms with van der Waals surface area (Å²) in [6.07, 6.45) is -0.803. The second-order valence-electron chi connectivity index (χ2n) is 8.58. The number of hydrogen-bond donors (Lipinski definition) is 3. The summed E-state index contributed by atoms with van der Waals surface area (Å²) >= 11 is 0. The van der Waals surface area contributed by atoms with Gasteiger partial charge in [-0.05, 0) is 66.8 Å². The van der Waals surface area contributed by atoms with Crippen molar-refractivity contribution in [1.29, 1.82) is 0 Å². The van der Waals surface area contributed by atoms with Crippen LogP contribution in [0.25, 0.3) is 16.7 Å². The summed E-state index contributed by atoms with van der Waals surface area (Å²) in [5.74, 6) is -1.31. The standard InChI is InChI=1S/C25H21F3N6O2/c26-25(27,28)18-10-13(4-9-16(18)24(30)36)11-20(35)33-14-5-7-15(8-6-14)34-19-3-1-2-17(19)21-22(34)23(29)32-12-31-21/h4-10,12H,1-3,11H2,(H2,30,36)(H,33,35)(H2,29,31,32). The van der Waals surface area contributed by atoms with Gasteiger partial charge in [0.25, 0.3) is 0 Å². The summed E-state index contributed by atoms with van der Waals surface area (Å²) in [5, 5.41) is 2.69. The molecule has 0 radical (unpaired) electrons. The van der Waals surface area contributed by atoms with E-state index in [2.05, 4.69) is 15.3 Å². The van der Waals surface area contributed by atoms with Crippen LogP contribution in [-0.2, 0) is 30.2 Å². The van der Waals surface area contributed by atoms with E-state index >= 15 is 0 Å². The number of nitrogens with zero attached hydrogens (tertiary/aromatic N) is 3. The maximum absolute atomic E-state index is 13.3. The lowest BCUT2D eigenvalue weighted by Gasteiger charge is -2.13. The summed E-state index contributed by atoms with van der Waals surface area (Å²) in [6, 6.07) is 10.1. The number of aryl methyl sites for hydroxylation is 1. The van der Waals surface area contributed by atoms with Crippen molar-refractivity contribution in [3.8, 4) is 5.69 Å². The molecule has 2 aromatic carbocycles. The topological polar surface area (TPSA) is 129 Å². The molecule has 5 N–H and O–H groups in total. The van der Waals surface area contributed by atoms with Crippen LogP contribution < -0.4 is 16.8 Å². The summed E-state index contributed by atoms with van der Waals surface area (Å²) < 4.78 is 42.0. The molecule has 36 heavy (non-hydrogen) atoms. The van der Waals surface area contributed by atoms with Gasteiger partial charge in [0.15, 0.2) is 5.82 Å². The molecule has 184 valence electrons. The molecular weight excluding hydrogens is 473 g/mol. The van der Waals surface area contributed by atoms with Crippen molar-refractivity contribution in [3.63, 3.8) is 0 Å². The fraction of sp³-hybridized carbons (Fsp3) is 0.200. The Kier molecular flexibility index (Phi) is 5.62. The largest absolute Gasteiger partial charge is 0.417 e. The minimum atomic E-state index is -4.77. The highest BCUT2D eigenvalue weighted by Crippen LogP contribution is 2.36. The molecule has 0 aliphatic heterocycles. The van der Waals surface area contributed by atoms with Gasteiger partial charge in [-0.15, -0.1) is 0 Å². The van der Waals surface area contributed by atoms with Crippen LogP contribution in [0, 0.1) is 0 Å². The molecule has 2 amide bonds. The average Bonchev–Trinajstić information content (AvgIpc) is 3.41. The second kappa shape index (κ2) is 8.67. The number of nitrogen functional groups attached to an aromatic ring is 1. The fourth-order valence-corrected chi connectivity index (χ4v) is 4.72. The third-order valence-electron chi connectivity index (χ3n) is 6.25. The number of primary amides is 1. The molecule has 0 saturated carbocycles. The Hall–Kier alpha value is -4.41. The number of rotatable bonds is 5. The van der Waals surface area contributed by atoms with Crippen LogP contribution in [0.15, 0.2) is 48.8 Å². The lowest BCUT2D eigenvalue weighted by atomic mass is 10.0. The number of nitrogens with two attached hydrogens (primary N) is 2. The number of alkyl halides is 3. The molecule has 11 heteroatoms. The van der Waals surface area contributed by atoms with E-state index in [0.717, 1.165) is 59.4 Å². The van der Waals surface area contributed by atoms with Gasteiger partial charge in [-0.2, -0.15) is 13.2 Å². The van der Waals surface area contributed by atoms with Crippen molar-refractivity contribution in [2.75, 3.05) is 11.1 Å². The summed E-state index contributed by atoms with van der Waals surface area (Å²) in [4.78, 5) is 32.4. The first-order valence-corrected chi connectivity index (χ1v) is 11.2. The monoisotopic (exact) mass is 494 g/mol. The first-order chi connectivity index (χ1) is 17.1. The molecule has 4 aromatic rings. The predicted octanol–water partition coefficient (Wildman–Crippen LogP) is 3.79. The Morgan fingerprint density at radius 3 is 2.50 bits per heavy atom. The van der Waals surface area contributed by atoms with E-state index in [-0.39, 0.29) is 12.0 Å². The highest BCUT2D eigenvalue weighted by atomic mass is 19.4. The Morgan fingerprint density at radius 1 is 1.06 bits per heavy atom. The number of anilines is 2. The van der Waals surface area contributed by atoms with Crippen molar-refractivity contribution in [1.82, 2.24) is 14.5 Å². The van der Waals surface area contributed by atoms with Gasteiger partial charge < -0.3 is 21.4 Å². The number of aromatic nitrogens is 3. The van der Waals surface area contributed by atoms with Crippen LogP contribution in [0.2, 0.25) is 0 Å². The van der Waals surface area contributed by atoms with E-state index < -0.39 is 29.1 Å². The van der Waals surface area contributed by atoms with Crippen LogP contribution >= 0.6 is 0 Å². The lowest BCUT2D eigenvalue weighted by molar-refractivity contribution is -0.138. The van der Waals surface area contributed by atoms with E-state index in [0.29, 0.717) is 11.5 Å². The van der Waals surface area contributed by atoms with Crippen LogP contribution in [0.1, 0.15) is 39.2 Å². The number of carbonyl (C=O) groups is 2. The number of hydrogen-bond acceptors (Lipinski definition) is 5. The molecule has 0 unspecified atom stereocenters. The average molecular weight is 494 g/mol. The van der Waals surface area contributed by atoms with Gasteiger partial charge in [-0.1, -0.05) is 6.07 Å². The maximum atomic E-state index is 13.3. The van der Waals surface area contributed by atoms with Crippen LogP contribution in [0.4, 0.5) is 24.7 Å². The van der Waals surface area contributed by atoms with Crippen molar-refractivity contribution >= 4 is 34.4 Å². The van der Waals surface area contributed by atoms with Gasteiger partial charge in [0, 0.05) is 17.1 Å². The van der Waals surface area contributed by atoms with Gasteiger partial charge in [0.1, 0.15) is 11.8 Å². The smallest absolute Gasteiger partial charge is 0.382 e. The SMILES string of the molecule is NC(=O)c1ccc(CC(=O)Nc2ccc(-n3c4c(c5ncnc(N)c53)CCC4)cc2)cc1C(F)(F)F. The number of benzene rings is 2. The molecule has 5 rings (SSSR count). The molecular formula is C25H21F3N6O2. The number of halogens is 3. The third kappa shape index (κ3) is 4.12. The first kappa shape index (κ1) is 23.3. The number of nitrogens with one attached hydrogen (secondary N) is 1. The van der Waals surface area contributed by atoms with Crippen molar-refractivity contribution in [3.05, 3.63) is 76.7 Å². The molecule has 0 bridgehead atoms. The molecule has 0 fully saturated rings. The molecule has 0 spiro atoms. The first-order valence-electron chi connectivity index (χ1n) is 11.2. The number of carbonyl (C=O) groups excluding carboxylic acids is 2. The Bertz CT molecular complexity index is 1510. The molecule has 8 nitrogen and oxygen atoms in total. The highest BCUT2D eigenvalue weighted by Gasteiger charge is 2.35. The van der Waals surface area contributed by atoms with Gasteiger partial charge in [0.05, 0.1) is 23.1 Å². The maximum Gasteiger partial charge on any atom is 0.417 e. The molecule has 0 saturated heterocycles. The van der Waals surface area contributed by atoms with Crippen LogP contribution in [0.3, 0.4) is 0 Å². The van der Waals surface area contributed by atoms with Gasteiger partial charge >= 0.3 is 6.18 Å². The number of amides is 2. The van der Waals surface area contributed by atoms with E-state index in [1.807, 2.05) is 16.7 Å². The zero-order valence-electron chi connectivity index (χ0n) is 18.9. The minimum absolute atomic E-state index is 0.103. The zero-order chi connectivity index (χ0) is 25.6. The van der Waals surface area contributed by atoms with Gasteiger partial charge in [-0.3, -0.25) is 9.59 Å². The highest BCUT2D eigenvalue weighted by molar-refractivity contribution is 5.96. The third-order valence-corrected chi connectivity index (χ3v) is 6.25. The number of fused-ring (bicyclic) bond motifs is 3. The normalized spacial score (nSPS) is 13.1. The zero-order valence-corrected chi connectivity index (χ0v) is 18.9. The van der Waals surface area contributed by atoms with Crippen molar-refractivity contribution in [2.45, 2.75) is 31.9 Å². The van der Waals surface area contributed by atoms with E-state index in [1.54, 1.807) is 12.1 Å². The van der Waals surface area contributed by atoms with E-state index in [1.165, 1.54) is 12.4 Å². The molecule has 1 aliphatic rings. The Balaban J connectivity index is 1.37. The van der Waals surface area contributed by atoms with E-state index in [4.69, 9.17) is 11.5 Å². The van der Waals surface area contributed by atoms with Gasteiger partial charge in [0.2, 0.25) is 11.8 Å². The molecule has 0 atom stereocenters. The molecule has 1 aliphatic carbocycles. The fourth-order valence-electron chi connectivity index (χ4n) is 4.72. The Labute approximate surface area is 203 Å². The molecule has 2 aromatic heterocycles. The summed E-state index contributed by atoms with van der Waals surface area (Å²) in [5.41, 5.74) is 14.7.